The fourth-order valence-corrected chi connectivity index (χ4v) is 2.92. The van der Waals surface area contributed by atoms with Crippen LogP contribution in [0, 0.1) is 0 Å². The van der Waals surface area contributed by atoms with Gasteiger partial charge < -0.3 is 4.90 Å². The zero-order valence-corrected chi connectivity index (χ0v) is 12.0. The number of amides is 1. The topological polar surface area (TPSA) is 20.3 Å². The third-order valence-electron chi connectivity index (χ3n) is 4.05. The van der Waals surface area contributed by atoms with Gasteiger partial charge in [0.1, 0.15) is 0 Å². The zero-order chi connectivity index (χ0) is 13.5. The Morgan fingerprint density at radius 3 is 2.47 bits per heavy atom. The molecule has 0 heterocycles. The predicted octanol–water partition coefficient (Wildman–Crippen LogP) is 4.26. The van der Waals surface area contributed by atoms with Crippen molar-refractivity contribution in [3.05, 3.63) is 35.9 Å². The van der Waals surface area contributed by atoms with E-state index in [4.69, 9.17) is 0 Å². The molecule has 0 spiro atoms. The average Bonchev–Trinajstić information content (AvgIpc) is 2.49. The fourth-order valence-electron chi connectivity index (χ4n) is 2.92. The van der Waals surface area contributed by atoms with E-state index in [1.54, 1.807) is 0 Å². The fraction of sp³-hybridized carbons (Fsp3) is 0.588. The number of hydrogen-bond acceptors (Lipinski definition) is 1. The summed E-state index contributed by atoms with van der Waals surface area (Å²) in [5.41, 5.74) is 0.837. The van der Waals surface area contributed by atoms with Gasteiger partial charge in [-0.05, 0) is 31.4 Å². The molecule has 1 aromatic rings. The maximum atomic E-state index is 12.7. The molecule has 2 rings (SSSR count). The van der Waals surface area contributed by atoms with E-state index >= 15 is 0 Å². The van der Waals surface area contributed by atoms with Crippen molar-refractivity contribution >= 4 is 5.91 Å². The van der Waals surface area contributed by atoms with Gasteiger partial charge >= 0.3 is 0 Å². The van der Waals surface area contributed by atoms with Gasteiger partial charge in [-0.25, -0.2) is 0 Å². The van der Waals surface area contributed by atoms with Gasteiger partial charge in [-0.2, -0.15) is 0 Å². The van der Waals surface area contributed by atoms with Crippen molar-refractivity contribution in [2.24, 2.45) is 0 Å². The summed E-state index contributed by atoms with van der Waals surface area (Å²) in [6.07, 6.45) is 8.49. The molecule has 0 N–H and O–H groups in total. The number of carbonyl (C=O) groups excluding carboxylic acids is 1. The van der Waals surface area contributed by atoms with Gasteiger partial charge in [-0.3, -0.25) is 4.79 Å². The van der Waals surface area contributed by atoms with Crippen molar-refractivity contribution in [1.29, 1.82) is 0 Å². The van der Waals surface area contributed by atoms with Crippen LogP contribution in [0.4, 0.5) is 0 Å². The van der Waals surface area contributed by atoms with Crippen LogP contribution < -0.4 is 0 Å². The first kappa shape index (κ1) is 14.1. The van der Waals surface area contributed by atoms with Crippen molar-refractivity contribution in [2.45, 2.75) is 57.9 Å². The number of unbranched alkanes of at least 4 members (excludes halogenated alkanes) is 1. The van der Waals surface area contributed by atoms with Crippen LogP contribution in [0.15, 0.2) is 30.3 Å². The van der Waals surface area contributed by atoms with E-state index in [0.717, 1.165) is 24.9 Å². The largest absolute Gasteiger partial charge is 0.336 e. The van der Waals surface area contributed by atoms with Crippen molar-refractivity contribution in [2.75, 3.05) is 6.54 Å². The molecule has 1 fully saturated rings. The average molecular weight is 259 g/mol. The highest BCUT2D eigenvalue weighted by molar-refractivity contribution is 5.94. The minimum absolute atomic E-state index is 0.223. The summed E-state index contributed by atoms with van der Waals surface area (Å²) in [5.74, 6) is 0.223. The van der Waals surface area contributed by atoms with Crippen LogP contribution in [-0.4, -0.2) is 23.4 Å². The van der Waals surface area contributed by atoms with Gasteiger partial charge in [0.25, 0.3) is 5.91 Å². The second-order valence-electron chi connectivity index (χ2n) is 5.51. The molecule has 0 aromatic heterocycles. The molecule has 2 heteroatoms. The summed E-state index contributed by atoms with van der Waals surface area (Å²) in [6.45, 7) is 3.10. The second-order valence-corrected chi connectivity index (χ2v) is 5.51. The second kappa shape index (κ2) is 7.32. The summed E-state index contributed by atoms with van der Waals surface area (Å²) >= 11 is 0. The number of benzene rings is 1. The Balaban J connectivity index is 2.09. The van der Waals surface area contributed by atoms with Gasteiger partial charge in [-0.15, -0.1) is 0 Å². The highest BCUT2D eigenvalue weighted by Crippen LogP contribution is 2.24. The predicted molar refractivity (Wildman–Crippen MR) is 79.3 cm³/mol. The SMILES string of the molecule is CCCCN(C(=O)c1ccccc1)C1CCCCC1. The van der Waals surface area contributed by atoms with Crippen LogP contribution in [0.5, 0.6) is 0 Å². The van der Waals surface area contributed by atoms with Gasteiger partial charge in [0.15, 0.2) is 0 Å². The first-order valence-corrected chi connectivity index (χ1v) is 7.69. The minimum Gasteiger partial charge on any atom is -0.336 e. The lowest BCUT2D eigenvalue weighted by molar-refractivity contribution is 0.0630. The van der Waals surface area contributed by atoms with Crippen LogP contribution in [0.3, 0.4) is 0 Å². The first-order chi connectivity index (χ1) is 9.33. The maximum absolute atomic E-state index is 12.7. The molecule has 1 amide bonds. The standard InChI is InChI=1S/C17H25NO/c1-2-3-14-18(16-12-8-5-9-13-16)17(19)15-10-6-4-7-11-15/h4,6-7,10-11,16H,2-3,5,8-9,12-14H2,1H3. The Bertz CT molecular complexity index is 382. The molecule has 0 unspecified atom stereocenters. The highest BCUT2D eigenvalue weighted by atomic mass is 16.2. The smallest absolute Gasteiger partial charge is 0.254 e. The number of hydrogen-bond donors (Lipinski definition) is 0. The molecule has 1 aliphatic carbocycles. The quantitative estimate of drug-likeness (QED) is 0.773. The number of nitrogens with zero attached hydrogens (tertiary/aromatic N) is 1. The molecular weight excluding hydrogens is 234 g/mol. The first-order valence-electron chi connectivity index (χ1n) is 7.69. The Labute approximate surface area is 116 Å². The van der Waals surface area contributed by atoms with Gasteiger partial charge in [0, 0.05) is 18.2 Å². The van der Waals surface area contributed by atoms with Crippen LogP contribution in [0.25, 0.3) is 0 Å². The van der Waals surface area contributed by atoms with Crippen LogP contribution in [-0.2, 0) is 0 Å². The summed E-state index contributed by atoms with van der Waals surface area (Å²) in [4.78, 5) is 14.8. The van der Waals surface area contributed by atoms with Gasteiger partial charge in [0.2, 0.25) is 0 Å². The molecular formula is C17H25NO. The van der Waals surface area contributed by atoms with Gasteiger partial charge in [-0.1, -0.05) is 50.8 Å². The minimum atomic E-state index is 0.223. The molecule has 0 aliphatic heterocycles. The summed E-state index contributed by atoms with van der Waals surface area (Å²) < 4.78 is 0. The molecule has 104 valence electrons. The van der Waals surface area contributed by atoms with Crippen LogP contribution in [0.1, 0.15) is 62.2 Å². The van der Waals surface area contributed by atoms with E-state index in [1.165, 1.54) is 32.1 Å². The third kappa shape index (κ3) is 3.82. The van der Waals surface area contributed by atoms with Gasteiger partial charge in [0.05, 0.1) is 0 Å². The van der Waals surface area contributed by atoms with E-state index in [9.17, 15) is 4.79 Å². The normalized spacial score (nSPS) is 16.3. The summed E-state index contributed by atoms with van der Waals surface area (Å²) in [7, 11) is 0. The van der Waals surface area contributed by atoms with Crippen molar-refractivity contribution in [1.82, 2.24) is 4.90 Å². The zero-order valence-electron chi connectivity index (χ0n) is 12.0. The molecule has 1 saturated carbocycles. The lowest BCUT2D eigenvalue weighted by atomic mass is 9.93. The summed E-state index contributed by atoms with van der Waals surface area (Å²) in [6, 6.07) is 10.2. The molecule has 0 atom stereocenters. The molecule has 0 saturated heterocycles. The molecule has 1 aromatic carbocycles. The van der Waals surface area contributed by atoms with E-state index < -0.39 is 0 Å². The van der Waals surface area contributed by atoms with Crippen molar-refractivity contribution in [3.8, 4) is 0 Å². The van der Waals surface area contributed by atoms with E-state index in [1.807, 2.05) is 30.3 Å². The van der Waals surface area contributed by atoms with E-state index in [-0.39, 0.29) is 5.91 Å². The number of carbonyl (C=O) groups is 1. The lowest BCUT2D eigenvalue weighted by Crippen LogP contribution is -2.42. The molecule has 1 aliphatic rings. The Kier molecular flexibility index (Phi) is 5.44. The van der Waals surface area contributed by atoms with Crippen molar-refractivity contribution < 1.29 is 4.79 Å². The Hall–Kier alpha value is -1.31. The molecule has 0 bridgehead atoms. The van der Waals surface area contributed by atoms with E-state index in [0.29, 0.717) is 6.04 Å². The number of rotatable bonds is 5. The van der Waals surface area contributed by atoms with E-state index in [2.05, 4.69) is 11.8 Å². The lowest BCUT2D eigenvalue weighted by Gasteiger charge is -2.34. The Morgan fingerprint density at radius 2 is 1.84 bits per heavy atom. The third-order valence-corrected chi connectivity index (χ3v) is 4.05. The highest BCUT2D eigenvalue weighted by Gasteiger charge is 2.25. The molecule has 2 nitrogen and oxygen atoms in total. The Morgan fingerprint density at radius 1 is 1.16 bits per heavy atom. The van der Waals surface area contributed by atoms with Crippen LogP contribution >= 0.6 is 0 Å². The maximum Gasteiger partial charge on any atom is 0.254 e. The summed E-state index contributed by atoms with van der Waals surface area (Å²) in [5, 5.41) is 0. The molecule has 0 radical (unpaired) electrons. The molecule has 19 heavy (non-hydrogen) atoms. The van der Waals surface area contributed by atoms with Crippen molar-refractivity contribution in [3.63, 3.8) is 0 Å². The van der Waals surface area contributed by atoms with Crippen LogP contribution in [0.2, 0.25) is 0 Å². The monoisotopic (exact) mass is 259 g/mol.